The molecule has 0 amide bonds. The predicted molar refractivity (Wildman–Crippen MR) is 68.4 cm³/mol. The van der Waals surface area contributed by atoms with E-state index in [1.807, 2.05) is 18.7 Å². The normalized spacial score (nSPS) is 24.1. The molecule has 0 aliphatic carbocycles. The number of morpholine rings is 1. The van der Waals surface area contributed by atoms with Gasteiger partial charge in [0.15, 0.2) is 0 Å². The quantitative estimate of drug-likeness (QED) is 0.891. The fraction of sp³-hybridized carbons (Fsp3) is 0.500. The molecule has 0 spiro atoms. The molecule has 1 aromatic heterocycles. The fourth-order valence-electron chi connectivity index (χ4n) is 2.00. The average molecular weight is 271 g/mol. The molecule has 1 aliphatic heterocycles. The van der Waals surface area contributed by atoms with Crippen molar-refractivity contribution in [3.8, 4) is 0 Å². The number of aromatic carboxylic acids is 1. The Hall–Kier alpha value is -1.33. The van der Waals surface area contributed by atoms with E-state index in [0.717, 1.165) is 0 Å². The summed E-state index contributed by atoms with van der Waals surface area (Å²) in [5, 5.41) is 9.24. The van der Waals surface area contributed by atoms with Crippen molar-refractivity contribution < 1.29 is 14.6 Å². The number of hydrogen-bond acceptors (Lipinski definition) is 4. The zero-order valence-corrected chi connectivity index (χ0v) is 11.0. The third-order valence-corrected chi connectivity index (χ3v) is 3.35. The van der Waals surface area contributed by atoms with Gasteiger partial charge in [-0.1, -0.05) is 11.6 Å². The van der Waals surface area contributed by atoms with Gasteiger partial charge in [-0.2, -0.15) is 0 Å². The van der Waals surface area contributed by atoms with Crippen molar-refractivity contribution in [3.05, 3.63) is 22.8 Å². The van der Waals surface area contributed by atoms with Crippen LogP contribution in [0.15, 0.2) is 12.3 Å². The van der Waals surface area contributed by atoms with E-state index in [-0.39, 0.29) is 22.7 Å². The van der Waals surface area contributed by atoms with Crippen LogP contribution >= 0.6 is 11.6 Å². The summed E-state index contributed by atoms with van der Waals surface area (Å²) in [7, 11) is 0. The van der Waals surface area contributed by atoms with Crippen molar-refractivity contribution in [2.75, 3.05) is 18.1 Å². The smallest absolute Gasteiger partial charge is 0.337 e. The summed E-state index contributed by atoms with van der Waals surface area (Å²) in [6.45, 7) is 5.19. The standard InChI is InChI=1S/C12H15ClN2O3/c1-7-6-18-8(2)5-15(7)11-10(13)9(12(16)17)3-4-14-11/h3-4,7-8H,5-6H2,1-2H3,(H,16,17). The van der Waals surface area contributed by atoms with Crippen molar-refractivity contribution in [1.82, 2.24) is 4.98 Å². The topological polar surface area (TPSA) is 62.7 Å². The maximum atomic E-state index is 11.0. The minimum absolute atomic E-state index is 0.0764. The number of carboxylic acid groups (broad SMARTS) is 1. The lowest BCUT2D eigenvalue weighted by Crippen LogP contribution is -2.48. The number of hydrogen-bond donors (Lipinski definition) is 1. The second kappa shape index (κ2) is 5.12. The summed E-state index contributed by atoms with van der Waals surface area (Å²) >= 11 is 6.12. The molecule has 2 heterocycles. The zero-order chi connectivity index (χ0) is 13.3. The number of pyridine rings is 1. The Morgan fingerprint density at radius 1 is 1.61 bits per heavy atom. The number of ether oxygens (including phenoxy) is 1. The van der Waals surface area contributed by atoms with E-state index >= 15 is 0 Å². The number of carboxylic acids is 1. The molecule has 0 bridgehead atoms. The highest BCUT2D eigenvalue weighted by Crippen LogP contribution is 2.30. The van der Waals surface area contributed by atoms with Crippen LogP contribution in [0, 0.1) is 0 Å². The summed E-state index contributed by atoms with van der Waals surface area (Å²) in [4.78, 5) is 17.2. The number of nitrogens with zero attached hydrogens (tertiary/aromatic N) is 2. The van der Waals surface area contributed by atoms with Gasteiger partial charge in [0.05, 0.1) is 29.3 Å². The lowest BCUT2D eigenvalue weighted by molar-refractivity contribution is 0.0340. The fourth-order valence-corrected chi connectivity index (χ4v) is 2.30. The first-order valence-electron chi connectivity index (χ1n) is 5.76. The molecule has 0 saturated carbocycles. The van der Waals surface area contributed by atoms with Gasteiger partial charge < -0.3 is 14.7 Å². The van der Waals surface area contributed by atoms with Gasteiger partial charge in [-0.3, -0.25) is 0 Å². The van der Waals surface area contributed by atoms with Crippen molar-refractivity contribution in [2.45, 2.75) is 26.0 Å². The van der Waals surface area contributed by atoms with Crippen molar-refractivity contribution in [3.63, 3.8) is 0 Å². The minimum Gasteiger partial charge on any atom is -0.478 e. The summed E-state index contributed by atoms with van der Waals surface area (Å²) < 4.78 is 5.53. The number of anilines is 1. The van der Waals surface area contributed by atoms with Crippen LogP contribution in [0.2, 0.25) is 5.02 Å². The molecule has 2 unspecified atom stereocenters. The Morgan fingerprint density at radius 2 is 2.33 bits per heavy atom. The molecule has 2 rings (SSSR count). The summed E-state index contributed by atoms with van der Waals surface area (Å²) in [6.07, 6.45) is 1.55. The molecule has 18 heavy (non-hydrogen) atoms. The number of carbonyl (C=O) groups is 1. The third kappa shape index (κ3) is 2.42. The van der Waals surface area contributed by atoms with Crippen LogP contribution in [0.25, 0.3) is 0 Å². The Morgan fingerprint density at radius 3 is 3.00 bits per heavy atom. The molecule has 1 saturated heterocycles. The van der Waals surface area contributed by atoms with Crippen LogP contribution in [0.4, 0.5) is 5.82 Å². The van der Waals surface area contributed by atoms with Gasteiger partial charge in [0.1, 0.15) is 5.82 Å². The summed E-state index contributed by atoms with van der Waals surface area (Å²) in [6, 6.07) is 1.53. The molecule has 5 nitrogen and oxygen atoms in total. The Kier molecular flexibility index (Phi) is 3.73. The molecule has 2 atom stereocenters. The molecule has 6 heteroatoms. The van der Waals surface area contributed by atoms with Gasteiger partial charge in [0.2, 0.25) is 0 Å². The van der Waals surface area contributed by atoms with Gasteiger partial charge in [0, 0.05) is 12.7 Å². The van der Waals surface area contributed by atoms with E-state index in [1.54, 1.807) is 0 Å². The maximum absolute atomic E-state index is 11.0. The van der Waals surface area contributed by atoms with Crippen molar-refractivity contribution in [1.29, 1.82) is 0 Å². The van der Waals surface area contributed by atoms with Gasteiger partial charge in [-0.05, 0) is 19.9 Å². The molecule has 1 fully saturated rings. The predicted octanol–water partition coefficient (Wildman–Crippen LogP) is 2.05. The second-order valence-electron chi connectivity index (χ2n) is 4.45. The largest absolute Gasteiger partial charge is 0.478 e. The lowest BCUT2D eigenvalue weighted by atomic mass is 10.2. The molecule has 1 aliphatic rings. The first-order chi connectivity index (χ1) is 8.50. The van der Waals surface area contributed by atoms with Crippen LogP contribution in [0.1, 0.15) is 24.2 Å². The first-order valence-corrected chi connectivity index (χ1v) is 6.14. The van der Waals surface area contributed by atoms with Crippen LogP contribution in [0.3, 0.4) is 0 Å². The van der Waals surface area contributed by atoms with E-state index in [2.05, 4.69) is 4.98 Å². The van der Waals surface area contributed by atoms with Gasteiger partial charge in [-0.25, -0.2) is 9.78 Å². The first kappa shape index (κ1) is 13.1. The van der Waals surface area contributed by atoms with Gasteiger partial charge in [-0.15, -0.1) is 0 Å². The van der Waals surface area contributed by atoms with E-state index in [4.69, 9.17) is 21.4 Å². The number of rotatable bonds is 2. The number of halogens is 1. The highest BCUT2D eigenvalue weighted by Gasteiger charge is 2.27. The molecule has 98 valence electrons. The number of aromatic nitrogens is 1. The van der Waals surface area contributed by atoms with Gasteiger partial charge in [0.25, 0.3) is 0 Å². The van der Waals surface area contributed by atoms with Crippen LogP contribution in [0.5, 0.6) is 0 Å². The van der Waals surface area contributed by atoms with E-state index in [9.17, 15) is 4.79 Å². The van der Waals surface area contributed by atoms with E-state index in [0.29, 0.717) is 19.0 Å². The third-order valence-electron chi connectivity index (χ3n) is 2.98. The van der Waals surface area contributed by atoms with Gasteiger partial charge >= 0.3 is 5.97 Å². The average Bonchev–Trinajstić information content (AvgIpc) is 2.32. The Labute approximate surface area is 110 Å². The summed E-state index contributed by atoms with van der Waals surface area (Å²) in [5.74, 6) is -0.531. The van der Waals surface area contributed by atoms with E-state index in [1.165, 1.54) is 12.3 Å². The molecule has 0 radical (unpaired) electrons. The van der Waals surface area contributed by atoms with Crippen LogP contribution in [-0.2, 0) is 4.74 Å². The van der Waals surface area contributed by atoms with Crippen LogP contribution < -0.4 is 4.90 Å². The molecule has 1 aromatic rings. The summed E-state index contributed by atoms with van der Waals surface area (Å²) in [5.41, 5.74) is 0.0769. The Balaban J connectivity index is 2.38. The Bertz CT molecular complexity index is 467. The zero-order valence-electron chi connectivity index (χ0n) is 10.3. The maximum Gasteiger partial charge on any atom is 0.337 e. The minimum atomic E-state index is -1.04. The van der Waals surface area contributed by atoms with Crippen molar-refractivity contribution in [2.24, 2.45) is 0 Å². The monoisotopic (exact) mass is 270 g/mol. The highest BCUT2D eigenvalue weighted by atomic mass is 35.5. The second-order valence-corrected chi connectivity index (χ2v) is 4.82. The lowest BCUT2D eigenvalue weighted by Gasteiger charge is -2.38. The SMILES string of the molecule is CC1CN(c2nccc(C(=O)O)c2Cl)C(C)CO1. The molecular formula is C12H15ClN2O3. The van der Waals surface area contributed by atoms with E-state index < -0.39 is 5.97 Å². The van der Waals surface area contributed by atoms with Crippen molar-refractivity contribution >= 4 is 23.4 Å². The highest BCUT2D eigenvalue weighted by molar-refractivity contribution is 6.35. The molecule has 1 N–H and O–H groups in total. The molecular weight excluding hydrogens is 256 g/mol. The van der Waals surface area contributed by atoms with Crippen LogP contribution in [-0.4, -0.2) is 41.4 Å². The molecule has 0 aromatic carbocycles.